The van der Waals surface area contributed by atoms with Crippen molar-refractivity contribution >= 4 is 17.7 Å². The third-order valence-electron chi connectivity index (χ3n) is 2.22. The van der Waals surface area contributed by atoms with Crippen LogP contribution in [0.3, 0.4) is 0 Å². The monoisotopic (exact) mass is 272 g/mol. The van der Waals surface area contributed by atoms with Crippen LogP contribution in [0.2, 0.25) is 0 Å². The van der Waals surface area contributed by atoms with Crippen LogP contribution in [0.5, 0.6) is 0 Å². The minimum atomic E-state index is -1.36. The Labute approximate surface area is 106 Å². The molecule has 0 fully saturated rings. The fraction of sp³-hybridized carbons (Fsp3) is 0.444. The molecule has 0 saturated heterocycles. The van der Waals surface area contributed by atoms with Crippen LogP contribution in [0.15, 0.2) is 12.5 Å². The highest BCUT2D eigenvalue weighted by molar-refractivity contribution is 5.83. The second-order valence-electron chi connectivity index (χ2n) is 3.62. The number of imidazole rings is 1. The van der Waals surface area contributed by atoms with Crippen molar-refractivity contribution in [1.82, 2.24) is 14.9 Å². The molecule has 3 N–H and O–H groups in total. The van der Waals surface area contributed by atoms with E-state index in [1.807, 2.05) is 0 Å². The molecule has 1 atom stereocenters. The average Bonchev–Trinajstić information content (AvgIpc) is 2.82. The highest BCUT2D eigenvalue weighted by Crippen LogP contribution is 2.06. The molecule has 1 rings (SSSR count). The summed E-state index contributed by atoms with van der Waals surface area (Å²) in [5.74, 6) is -2.26. The number of nitro groups is 1. The SMILES string of the molecule is O=C(CCn1cnc([N+](=O)[O-])c1)NC(CO)C(=O)O. The Bertz CT molecular complexity index is 485. The largest absolute Gasteiger partial charge is 0.480 e. The third-order valence-corrected chi connectivity index (χ3v) is 2.22. The van der Waals surface area contributed by atoms with Gasteiger partial charge >= 0.3 is 11.8 Å². The molecule has 1 amide bonds. The van der Waals surface area contributed by atoms with E-state index >= 15 is 0 Å². The Kier molecular flexibility index (Phi) is 4.94. The number of nitrogens with zero attached hydrogens (tertiary/aromatic N) is 3. The van der Waals surface area contributed by atoms with Gasteiger partial charge in [-0.2, -0.15) is 0 Å². The van der Waals surface area contributed by atoms with Crippen LogP contribution in [-0.4, -0.2) is 49.2 Å². The lowest BCUT2D eigenvalue weighted by atomic mass is 10.3. The number of aromatic nitrogens is 2. The first kappa shape index (κ1) is 14.6. The number of carboxylic acid groups (broad SMARTS) is 1. The van der Waals surface area contributed by atoms with E-state index in [1.54, 1.807) is 0 Å². The lowest BCUT2D eigenvalue weighted by molar-refractivity contribution is -0.389. The molecule has 0 aliphatic rings. The normalized spacial score (nSPS) is 11.8. The summed E-state index contributed by atoms with van der Waals surface area (Å²) >= 11 is 0. The third kappa shape index (κ3) is 4.35. The van der Waals surface area contributed by atoms with Crippen molar-refractivity contribution in [3.05, 3.63) is 22.6 Å². The number of nitrogens with one attached hydrogen (secondary N) is 1. The summed E-state index contributed by atoms with van der Waals surface area (Å²) in [6.45, 7) is -0.595. The van der Waals surface area contributed by atoms with E-state index in [0.717, 1.165) is 6.20 Å². The molecule has 1 aromatic heterocycles. The first-order chi connectivity index (χ1) is 8.93. The van der Waals surface area contributed by atoms with Crippen molar-refractivity contribution in [3.8, 4) is 0 Å². The molecule has 0 bridgehead atoms. The average molecular weight is 272 g/mol. The smallest absolute Gasteiger partial charge is 0.381 e. The molecule has 0 radical (unpaired) electrons. The summed E-state index contributed by atoms with van der Waals surface area (Å²) in [6, 6.07) is -1.36. The number of aliphatic hydroxyl groups excluding tert-OH is 1. The molecular formula is C9H12N4O6. The number of hydrogen-bond donors (Lipinski definition) is 3. The number of hydrogen-bond acceptors (Lipinski definition) is 6. The van der Waals surface area contributed by atoms with Gasteiger partial charge in [0, 0.05) is 13.0 Å². The van der Waals surface area contributed by atoms with Gasteiger partial charge in [0.1, 0.15) is 12.2 Å². The van der Waals surface area contributed by atoms with Crippen LogP contribution in [0.25, 0.3) is 0 Å². The lowest BCUT2D eigenvalue weighted by Crippen LogP contribution is -2.43. The highest BCUT2D eigenvalue weighted by atomic mass is 16.6. The molecular weight excluding hydrogens is 260 g/mol. The molecule has 0 saturated carbocycles. The topological polar surface area (TPSA) is 148 Å². The molecule has 19 heavy (non-hydrogen) atoms. The van der Waals surface area contributed by atoms with Gasteiger partial charge in [0.2, 0.25) is 12.2 Å². The van der Waals surface area contributed by atoms with Gasteiger partial charge in [-0.3, -0.25) is 4.79 Å². The van der Waals surface area contributed by atoms with Gasteiger partial charge < -0.3 is 30.2 Å². The molecule has 1 heterocycles. The summed E-state index contributed by atoms with van der Waals surface area (Å²) in [4.78, 5) is 35.1. The van der Waals surface area contributed by atoms with Crippen LogP contribution in [-0.2, 0) is 16.1 Å². The summed E-state index contributed by atoms with van der Waals surface area (Å²) in [5, 5.41) is 29.8. The number of amides is 1. The van der Waals surface area contributed by atoms with Crippen molar-refractivity contribution in [2.24, 2.45) is 0 Å². The molecule has 0 aliphatic heterocycles. The van der Waals surface area contributed by atoms with E-state index in [1.165, 1.54) is 10.9 Å². The Morgan fingerprint density at radius 2 is 2.26 bits per heavy atom. The molecule has 0 aromatic carbocycles. The zero-order chi connectivity index (χ0) is 14.4. The van der Waals surface area contributed by atoms with Crippen molar-refractivity contribution in [2.75, 3.05) is 6.61 Å². The van der Waals surface area contributed by atoms with Crippen LogP contribution in [0.1, 0.15) is 6.42 Å². The van der Waals surface area contributed by atoms with Gasteiger partial charge in [-0.25, -0.2) is 4.79 Å². The molecule has 0 aliphatic carbocycles. The predicted octanol–water partition coefficient (Wildman–Crippen LogP) is -1.26. The molecule has 10 nitrogen and oxygen atoms in total. The van der Waals surface area contributed by atoms with Gasteiger partial charge in [0.05, 0.1) is 6.61 Å². The van der Waals surface area contributed by atoms with Gasteiger partial charge in [-0.15, -0.1) is 0 Å². The number of carbonyl (C=O) groups excluding carboxylic acids is 1. The van der Waals surface area contributed by atoms with Gasteiger partial charge in [0.25, 0.3) is 0 Å². The van der Waals surface area contributed by atoms with Crippen molar-refractivity contribution < 1.29 is 24.7 Å². The van der Waals surface area contributed by atoms with Crippen molar-refractivity contribution in [1.29, 1.82) is 0 Å². The fourth-order valence-corrected chi connectivity index (χ4v) is 1.25. The Hall–Kier alpha value is -2.49. The zero-order valence-electron chi connectivity index (χ0n) is 9.72. The summed E-state index contributed by atoms with van der Waals surface area (Å²) in [7, 11) is 0. The number of carbonyl (C=O) groups is 2. The maximum atomic E-state index is 11.4. The van der Waals surface area contributed by atoms with Gasteiger partial charge in [-0.1, -0.05) is 0 Å². The van der Waals surface area contributed by atoms with Crippen LogP contribution < -0.4 is 5.32 Å². The van der Waals surface area contributed by atoms with E-state index in [-0.39, 0.29) is 18.8 Å². The number of rotatable bonds is 7. The van der Waals surface area contributed by atoms with Crippen molar-refractivity contribution in [3.63, 3.8) is 0 Å². The summed E-state index contributed by atoms with van der Waals surface area (Å²) in [5.41, 5.74) is 0. The number of carboxylic acids is 1. The Morgan fingerprint density at radius 1 is 1.58 bits per heavy atom. The van der Waals surface area contributed by atoms with E-state index in [4.69, 9.17) is 10.2 Å². The number of aryl methyl sites for hydroxylation is 1. The summed E-state index contributed by atoms with van der Waals surface area (Å²) in [6.07, 6.45) is 2.28. The zero-order valence-corrected chi connectivity index (χ0v) is 9.72. The summed E-state index contributed by atoms with van der Waals surface area (Å²) < 4.78 is 1.34. The van der Waals surface area contributed by atoms with Crippen LogP contribution in [0.4, 0.5) is 5.82 Å². The highest BCUT2D eigenvalue weighted by Gasteiger charge is 2.18. The quantitative estimate of drug-likeness (QED) is 0.414. The maximum absolute atomic E-state index is 11.4. The van der Waals surface area contributed by atoms with E-state index in [0.29, 0.717) is 0 Å². The molecule has 1 unspecified atom stereocenters. The maximum Gasteiger partial charge on any atom is 0.381 e. The first-order valence-corrected chi connectivity index (χ1v) is 5.23. The van der Waals surface area contributed by atoms with Crippen molar-refractivity contribution in [2.45, 2.75) is 19.0 Å². The van der Waals surface area contributed by atoms with Crippen LogP contribution in [0, 0.1) is 10.1 Å². The lowest BCUT2D eigenvalue weighted by Gasteiger charge is -2.11. The molecule has 1 aromatic rings. The van der Waals surface area contributed by atoms with Gasteiger partial charge in [-0.05, 0) is 9.91 Å². The number of aliphatic carboxylic acids is 1. The molecule has 10 heteroatoms. The molecule has 0 spiro atoms. The fourth-order valence-electron chi connectivity index (χ4n) is 1.25. The number of aliphatic hydroxyl groups is 1. The van der Waals surface area contributed by atoms with Gasteiger partial charge in [0.15, 0.2) is 0 Å². The van der Waals surface area contributed by atoms with E-state index < -0.39 is 29.4 Å². The Balaban J connectivity index is 2.45. The standard InChI is InChI=1S/C9H12N4O6/c14-4-6(9(16)17)11-8(15)1-2-12-3-7(10-5-12)13(18)19/h3,5-6,14H,1-2,4H2,(H,11,15)(H,16,17). The molecule has 104 valence electrons. The second-order valence-corrected chi connectivity index (χ2v) is 3.62. The minimum Gasteiger partial charge on any atom is -0.480 e. The Morgan fingerprint density at radius 3 is 2.74 bits per heavy atom. The van der Waals surface area contributed by atoms with Crippen LogP contribution >= 0.6 is 0 Å². The minimum absolute atomic E-state index is 0.0860. The van der Waals surface area contributed by atoms with E-state index in [9.17, 15) is 19.7 Å². The first-order valence-electron chi connectivity index (χ1n) is 5.23. The predicted molar refractivity (Wildman–Crippen MR) is 60.2 cm³/mol. The van der Waals surface area contributed by atoms with E-state index in [2.05, 4.69) is 10.3 Å². The second kappa shape index (κ2) is 6.44.